The van der Waals surface area contributed by atoms with Gasteiger partial charge in [0.05, 0.1) is 28.6 Å². The van der Waals surface area contributed by atoms with E-state index < -0.39 is 29.2 Å². The van der Waals surface area contributed by atoms with Crippen LogP contribution in [0.4, 0.5) is 11.4 Å². The van der Waals surface area contributed by atoms with Gasteiger partial charge in [0.15, 0.2) is 0 Å². The van der Waals surface area contributed by atoms with E-state index in [1.165, 1.54) is 38.1 Å². The molecule has 0 aliphatic rings. The van der Waals surface area contributed by atoms with E-state index in [2.05, 4.69) is 10.6 Å². The molecule has 10 nitrogen and oxygen atoms in total. The maximum absolute atomic E-state index is 13.0. The van der Waals surface area contributed by atoms with Crippen molar-refractivity contribution < 1.29 is 30.8 Å². The van der Waals surface area contributed by atoms with Crippen LogP contribution in [0, 0.1) is 23.7 Å². The monoisotopic (exact) mass is 554 g/mol. The minimum Gasteiger partial charge on any atom is -0.507 e. The Morgan fingerprint density at radius 3 is 2.24 bits per heavy atom. The SMILES string of the molecule is CC(=O)C/C(C)=C/c1ccc(-c2cc(C(=N)C(=O)Nc3ccc(C#N)cc3C(=O)O)c(O)cc2NC(C)=O)c(C)c1.[HH]. The van der Waals surface area contributed by atoms with Gasteiger partial charge >= 0.3 is 5.97 Å². The van der Waals surface area contributed by atoms with Gasteiger partial charge in [0.2, 0.25) is 5.91 Å². The quantitative estimate of drug-likeness (QED) is 0.216. The summed E-state index contributed by atoms with van der Waals surface area (Å²) in [6.45, 7) is 6.53. The number of aromatic hydroxyl groups is 1. The van der Waals surface area contributed by atoms with Crippen LogP contribution in [0.15, 0.2) is 54.1 Å². The molecule has 0 radical (unpaired) electrons. The van der Waals surface area contributed by atoms with Crippen molar-refractivity contribution in [2.45, 2.75) is 34.1 Å². The summed E-state index contributed by atoms with van der Waals surface area (Å²) in [6.07, 6.45) is 2.22. The van der Waals surface area contributed by atoms with Gasteiger partial charge in [-0.15, -0.1) is 0 Å². The number of carbonyl (C=O) groups excluding carboxylic acids is 3. The lowest BCUT2D eigenvalue weighted by Crippen LogP contribution is -2.24. The number of nitrogens with zero attached hydrogens (tertiary/aromatic N) is 1. The summed E-state index contributed by atoms with van der Waals surface area (Å²) in [6, 6.07) is 13.6. The number of carboxylic acid groups (broad SMARTS) is 1. The van der Waals surface area contributed by atoms with E-state index in [9.17, 15) is 29.4 Å². The molecule has 0 bridgehead atoms. The fraction of sp³-hybridized carbons (Fsp3) is 0.161. The first kappa shape index (κ1) is 30.0. The molecule has 5 N–H and O–H groups in total. The molecule has 0 aliphatic carbocycles. The van der Waals surface area contributed by atoms with Crippen molar-refractivity contribution in [3.05, 3.63) is 81.9 Å². The van der Waals surface area contributed by atoms with Crippen molar-refractivity contribution in [1.82, 2.24) is 0 Å². The Bertz CT molecular complexity index is 1690. The topological polar surface area (TPSA) is 180 Å². The van der Waals surface area contributed by atoms with Crippen molar-refractivity contribution in [2.24, 2.45) is 0 Å². The van der Waals surface area contributed by atoms with Gasteiger partial charge in [-0.25, -0.2) is 4.79 Å². The highest BCUT2D eigenvalue weighted by Crippen LogP contribution is 2.37. The lowest BCUT2D eigenvalue weighted by molar-refractivity contribution is -0.116. The molecule has 0 aromatic heterocycles. The molecule has 10 heteroatoms. The summed E-state index contributed by atoms with van der Waals surface area (Å²) in [5.74, 6) is -3.17. The number of hydrogen-bond donors (Lipinski definition) is 5. The van der Waals surface area contributed by atoms with Gasteiger partial charge in [0.1, 0.15) is 17.2 Å². The minimum atomic E-state index is -1.38. The third kappa shape index (κ3) is 7.30. The molecule has 0 fully saturated rings. The summed E-state index contributed by atoms with van der Waals surface area (Å²) in [5.41, 5.74) is 2.69. The molecule has 0 spiro atoms. The number of amides is 2. The van der Waals surface area contributed by atoms with E-state index >= 15 is 0 Å². The molecule has 0 saturated carbocycles. The average Bonchev–Trinajstić information content (AvgIpc) is 2.88. The Balaban J connectivity index is 0.00000616. The van der Waals surface area contributed by atoms with E-state index in [-0.39, 0.29) is 35.3 Å². The number of phenols is 1. The summed E-state index contributed by atoms with van der Waals surface area (Å²) in [7, 11) is 0. The number of carboxylic acids is 1. The predicted molar refractivity (Wildman–Crippen MR) is 157 cm³/mol. The second-order valence-corrected chi connectivity index (χ2v) is 9.55. The second kappa shape index (κ2) is 12.5. The number of carbonyl (C=O) groups is 4. The van der Waals surface area contributed by atoms with E-state index in [4.69, 9.17) is 10.7 Å². The lowest BCUT2D eigenvalue weighted by atomic mass is 9.93. The number of rotatable bonds is 9. The number of anilines is 2. The molecule has 0 unspecified atom stereocenters. The molecule has 0 heterocycles. The first-order chi connectivity index (χ1) is 19.3. The van der Waals surface area contributed by atoms with E-state index in [0.717, 1.165) is 22.8 Å². The first-order valence-corrected chi connectivity index (χ1v) is 12.4. The van der Waals surface area contributed by atoms with Crippen LogP contribution in [0.2, 0.25) is 0 Å². The third-order valence-electron chi connectivity index (χ3n) is 6.05. The van der Waals surface area contributed by atoms with Crippen molar-refractivity contribution in [3.63, 3.8) is 0 Å². The highest BCUT2D eigenvalue weighted by molar-refractivity contribution is 6.48. The Labute approximate surface area is 237 Å². The fourth-order valence-corrected chi connectivity index (χ4v) is 4.32. The van der Waals surface area contributed by atoms with Crippen molar-refractivity contribution in [2.75, 3.05) is 10.6 Å². The molecule has 0 atom stereocenters. The van der Waals surface area contributed by atoms with Crippen molar-refractivity contribution in [3.8, 4) is 22.9 Å². The minimum absolute atomic E-state index is 0. The van der Waals surface area contributed by atoms with Gasteiger partial charge < -0.3 is 20.8 Å². The number of Topliss-reactive ketones (excluding diaryl/α,β-unsaturated/α-hetero) is 1. The number of aryl methyl sites for hydroxylation is 1. The van der Waals surface area contributed by atoms with E-state index in [0.29, 0.717) is 17.5 Å². The van der Waals surface area contributed by atoms with Crippen molar-refractivity contribution >= 4 is 46.7 Å². The maximum Gasteiger partial charge on any atom is 0.337 e. The molecule has 0 aliphatic heterocycles. The van der Waals surface area contributed by atoms with Crippen LogP contribution in [0.25, 0.3) is 17.2 Å². The van der Waals surface area contributed by atoms with Crippen LogP contribution in [-0.2, 0) is 14.4 Å². The molecular formula is C31H30N4O6. The molecular weight excluding hydrogens is 524 g/mol. The maximum atomic E-state index is 13.0. The Hall–Kier alpha value is -5.56. The summed E-state index contributed by atoms with van der Waals surface area (Å²) < 4.78 is 0. The molecule has 0 saturated heterocycles. The van der Waals surface area contributed by atoms with Gasteiger partial charge in [-0.1, -0.05) is 29.8 Å². The molecule has 3 aromatic rings. The fourth-order valence-electron chi connectivity index (χ4n) is 4.32. The summed E-state index contributed by atoms with van der Waals surface area (Å²) >= 11 is 0. The van der Waals surface area contributed by atoms with Crippen LogP contribution in [0.3, 0.4) is 0 Å². The highest BCUT2D eigenvalue weighted by Gasteiger charge is 2.22. The number of nitrogens with one attached hydrogen (secondary N) is 3. The van der Waals surface area contributed by atoms with Gasteiger partial charge in [0, 0.05) is 32.0 Å². The number of allylic oxidation sites excluding steroid dienone is 1. The smallest absolute Gasteiger partial charge is 0.337 e. The van der Waals surface area contributed by atoms with Crippen LogP contribution in [0.1, 0.15) is 61.2 Å². The largest absolute Gasteiger partial charge is 0.507 e. The molecule has 210 valence electrons. The third-order valence-corrected chi connectivity index (χ3v) is 6.05. The number of benzene rings is 3. The second-order valence-electron chi connectivity index (χ2n) is 9.55. The van der Waals surface area contributed by atoms with E-state index in [1.54, 1.807) is 6.07 Å². The van der Waals surface area contributed by atoms with E-state index in [1.807, 2.05) is 38.1 Å². The zero-order chi connectivity index (χ0) is 30.4. The number of ketones is 1. The Morgan fingerprint density at radius 1 is 0.951 bits per heavy atom. The number of aromatic carboxylic acids is 1. The zero-order valence-corrected chi connectivity index (χ0v) is 22.9. The van der Waals surface area contributed by atoms with Crippen LogP contribution < -0.4 is 10.6 Å². The Morgan fingerprint density at radius 2 is 1.66 bits per heavy atom. The number of phenolic OH excluding ortho intramolecular Hbond substituents is 1. The van der Waals surface area contributed by atoms with Gasteiger partial charge in [-0.05, 0) is 61.7 Å². The Kier molecular flexibility index (Phi) is 9.16. The highest BCUT2D eigenvalue weighted by atomic mass is 16.4. The molecule has 3 aromatic carbocycles. The standard InChI is InChI=1S/C31H28N4O6.H2/c1-16(9-18(3)36)10-20-5-7-22(17(2)11-20)23-13-25(28(38)14-27(23)34-19(4)37)29(33)30(39)35-26-8-6-21(15-32)12-24(26)31(40)41;/h5-8,10-14,33,38H,9H2,1-4H3,(H,34,37)(H,35,39)(H,40,41);1H/b16-10+,33-29?;. The molecule has 2 amide bonds. The normalized spacial score (nSPS) is 10.9. The predicted octanol–water partition coefficient (Wildman–Crippen LogP) is 5.53. The van der Waals surface area contributed by atoms with Crippen LogP contribution >= 0.6 is 0 Å². The van der Waals surface area contributed by atoms with Crippen LogP contribution in [-0.4, -0.2) is 39.5 Å². The van der Waals surface area contributed by atoms with Crippen LogP contribution in [0.5, 0.6) is 5.75 Å². The molecule has 41 heavy (non-hydrogen) atoms. The van der Waals surface area contributed by atoms with Gasteiger partial charge in [0.25, 0.3) is 5.91 Å². The van der Waals surface area contributed by atoms with Crippen molar-refractivity contribution in [1.29, 1.82) is 10.7 Å². The zero-order valence-electron chi connectivity index (χ0n) is 22.9. The van der Waals surface area contributed by atoms with Gasteiger partial charge in [-0.3, -0.25) is 19.8 Å². The first-order valence-electron chi connectivity index (χ1n) is 12.4. The number of hydrogen-bond acceptors (Lipinski definition) is 7. The summed E-state index contributed by atoms with van der Waals surface area (Å²) in [4.78, 5) is 48.0. The average molecular weight is 555 g/mol. The molecule has 3 rings (SSSR count). The number of nitriles is 1. The van der Waals surface area contributed by atoms with Gasteiger partial charge in [-0.2, -0.15) is 5.26 Å². The summed E-state index contributed by atoms with van der Waals surface area (Å²) in [5, 5.41) is 42.8. The lowest BCUT2D eigenvalue weighted by Gasteiger charge is -2.17.